The van der Waals surface area contributed by atoms with E-state index in [0.29, 0.717) is 18.2 Å². The van der Waals surface area contributed by atoms with Crippen LogP contribution < -0.4 is 0 Å². The molecule has 0 saturated heterocycles. The summed E-state index contributed by atoms with van der Waals surface area (Å²) in [6.07, 6.45) is 2.17. The second kappa shape index (κ2) is 2.95. The van der Waals surface area contributed by atoms with Crippen molar-refractivity contribution in [3.63, 3.8) is 0 Å². The Labute approximate surface area is 60.7 Å². The van der Waals surface area contributed by atoms with Gasteiger partial charge >= 0.3 is 0 Å². The van der Waals surface area contributed by atoms with E-state index >= 15 is 0 Å². The third-order valence-electron chi connectivity index (χ3n) is 1.57. The molecule has 1 rings (SSSR count). The first-order valence-electron chi connectivity index (χ1n) is 3.64. The number of rotatable bonds is 3. The molecule has 0 radical (unpaired) electrons. The topological polar surface area (TPSA) is 12.4 Å². The van der Waals surface area contributed by atoms with Gasteiger partial charge in [0.2, 0.25) is 0 Å². The van der Waals surface area contributed by atoms with Gasteiger partial charge in [-0.2, -0.15) is 0 Å². The van der Waals surface area contributed by atoms with Crippen molar-refractivity contribution in [3.8, 4) is 0 Å². The van der Waals surface area contributed by atoms with Gasteiger partial charge in [-0.25, -0.2) is 4.39 Å². The summed E-state index contributed by atoms with van der Waals surface area (Å²) in [5.41, 5.74) is 0.600. The third kappa shape index (κ3) is 1.66. The molecule has 2 heteroatoms. The molecule has 0 aromatic carbocycles. The molecule has 0 amide bonds. The van der Waals surface area contributed by atoms with E-state index in [-0.39, 0.29) is 5.83 Å². The van der Waals surface area contributed by atoms with E-state index in [1.165, 1.54) is 0 Å². The van der Waals surface area contributed by atoms with Crippen LogP contribution in [0.15, 0.2) is 17.4 Å². The van der Waals surface area contributed by atoms with Gasteiger partial charge in [0.15, 0.2) is 0 Å². The molecule has 1 saturated carbocycles. The van der Waals surface area contributed by atoms with Gasteiger partial charge in [-0.05, 0) is 19.8 Å². The summed E-state index contributed by atoms with van der Waals surface area (Å²) in [6, 6.07) is 0. The zero-order valence-corrected chi connectivity index (χ0v) is 6.23. The summed E-state index contributed by atoms with van der Waals surface area (Å²) in [4.78, 5) is 4.03. The first-order chi connectivity index (χ1) is 4.75. The SMILES string of the molecule is C=C(F)/C(=N\CC)C1CC1. The van der Waals surface area contributed by atoms with Crippen LogP contribution in [0.5, 0.6) is 0 Å². The van der Waals surface area contributed by atoms with E-state index in [0.717, 1.165) is 12.8 Å². The molecule has 0 bridgehead atoms. The van der Waals surface area contributed by atoms with E-state index in [2.05, 4.69) is 11.6 Å². The maximum absolute atomic E-state index is 12.5. The molecule has 0 aliphatic heterocycles. The Morgan fingerprint density at radius 3 is 2.60 bits per heavy atom. The third-order valence-corrected chi connectivity index (χ3v) is 1.57. The first-order valence-corrected chi connectivity index (χ1v) is 3.64. The molecule has 0 unspecified atom stereocenters. The Morgan fingerprint density at radius 1 is 1.70 bits per heavy atom. The van der Waals surface area contributed by atoms with Crippen molar-refractivity contribution in [1.29, 1.82) is 0 Å². The summed E-state index contributed by atoms with van der Waals surface area (Å²) >= 11 is 0. The summed E-state index contributed by atoms with van der Waals surface area (Å²) in [5.74, 6) is 0.0433. The van der Waals surface area contributed by atoms with Gasteiger partial charge in [-0.3, -0.25) is 4.99 Å². The van der Waals surface area contributed by atoms with Gasteiger partial charge in [0.25, 0.3) is 0 Å². The van der Waals surface area contributed by atoms with Crippen LogP contribution >= 0.6 is 0 Å². The summed E-state index contributed by atoms with van der Waals surface area (Å²) in [6.45, 7) is 5.81. The highest BCUT2D eigenvalue weighted by Gasteiger charge is 2.28. The minimum atomic E-state index is -0.343. The number of nitrogens with zero attached hydrogens (tertiary/aromatic N) is 1. The molecule has 0 heterocycles. The fourth-order valence-electron chi connectivity index (χ4n) is 0.963. The first kappa shape index (κ1) is 7.45. The number of allylic oxidation sites excluding steroid dienone is 1. The molecule has 10 heavy (non-hydrogen) atoms. The van der Waals surface area contributed by atoms with Gasteiger partial charge in [-0.15, -0.1) is 0 Å². The van der Waals surface area contributed by atoms with E-state index in [4.69, 9.17) is 0 Å². The van der Waals surface area contributed by atoms with Crippen molar-refractivity contribution in [2.45, 2.75) is 19.8 Å². The van der Waals surface area contributed by atoms with Crippen molar-refractivity contribution in [2.24, 2.45) is 10.9 Å². The van der Waals surface area contributed by atoms with E-state index in [1.54, 1.807) is 0 Å². The van der Waals surface area contributed by atoms with Gasteiger partial charge in [0, 0.05) is 12.5 Å². The van der Waals surface area contributed by atoms with Crippen LogP contribution in [-0.2, 0) is 0 Å². The van der Waals surface area contributed by atoms with Gasteiger partial charge in [-0.1, -0.05) is 6.58 Å². The average molecular weight is 141 g/mol. The van der Waals surface area contributed by atoms with Gasteiger partial charge in [0.1, 0.15) is 5.83 Å². The lowest BCUT2D eigenvalue weighted by molar-refractivity contribution is 0.677. The Hall–Kier alpha value is -0.660. The lowest BCUT2D eigenvalue weighted by Gasteiger charge is -1.97. The van der Waals surface area contributed by atoms with Crippen LogP contribution in [0.3, 0.4) is 0 Å². The quantitative estimate of drug-likeness (QED) is 0.535. The van der Waals surface area contributed by atoms with Crippen LogP contribution in [0.1, 0.15) is 19.8 Å². The number of halogens is 1. The van der Waals surface area contributed by atoms with E-state index in [9.17, 15) is 4.39 Å². The second-order valence-corrected chi connectivity index (χ2v) is 2.54. The highest BCUT2D eigenvalue weighted by atomic mass is 19.1. The monoisotopic (exact) mass is 141 g/mol. The Kier molecular flexibility index (Phi) is 2.20. The Morgan fingerprint density at radius 2 is 2.30 bits per heavy atom. The van der Waals surface area contributed by atoms with Crippen LogP contribution in [0.2, 0.25) is 0 Å². The Bertz CT molecular complexity index is 168. The molecule has 0 atom stereocenters. The summed E-state index contributed by atoms with van der Waals surface area (Å²) in [5, 5.41) is 0. The van der Waals surface area contributed by atoms with Crippen LogP contribution in [0.4, 0.5) is 4.39 Å². The molecular formula is C8H12FN. The zero-order chi connectivity index (χ0) is 7.56. The van der Waals surface area contributed by atoms with E-state index in [1.807, 2.05) is 6.92 Å². The van der Waals surface area contributed by atoms with Crippen LogP contribution in [-0.4, -0.2) is 12.3 Å². The predicted molar refractivity (Wildman–Crippen MR) is 40.9 cm³/mol. The van der Waals surface area contributed by atoms with Crippen molar-refractivity contribution in [2.75, 3.05) is 6.54 Å². The predicted octanol–water partition coefficient (Wildman–Crippen LogP) is 2.34. The second-order valence-electron chi connectivity index (χ2n) is 2.54. The number of hydrogen-bond acceptors (Lipinski definition) is 1. The molecule has 1 nitrogen and oxygen atoms in total. The Balaban J connectivity index is 2.58. The maximum atomic E-state index is 12.5. The molecule has 1 fully saturated rings. The fourth-order valence-corrected chi connectivity index (χ4v) is 0.963. The minimum Gasteiger partial charge on any atom is -0.287 e. The van der Waals surface area contributed by atoms with Crippen LogP contribution in [0, 0.1) is 5.92 Å². The van der Waals surface area contributed by atoms with Crippen LogP contribution in [0.25, 0.3) is 0 Å². The van der Waals surface area contributed by atoms with Crippen molar-refractivity contribution < 1.29 is 4.39 Å². The largest absolute Gasteiger partial charge is 0.287 e. The molecular weight excluding hydrogens is 129 g/mol. The highest BCUT2D eigenvalue weighted by Crippen LogP contribution is 2.33. The van der Waals surface area contributed by atoms with Crippen molar-refractivity contribution >= 4 is 5.71 Å². The molecule has 0 spiro atoms. The lowest BCUT2D eigenvalue weighted by Crippen LogP contribution is -2.01. The number of aliphatic imine (C=N–C) groups is 1. The number of hydrogen-bond donors (Lipinski definition) is 0. The molecule has 1 aliphatic carbocycles. The molecule has 0 N–H and O–H groups in total. The molecule has 1 aliphatic rings. The fraction of sp³-hybridized carbons (Fsp3) is 0.625. The minimum absolute atomic E-state index is 0.343. The molecule has 0 aromatic rings. The van der Waals surface area contributed by atoms with Gasteiger partial charge in [0.05, 0.1) is 5.71 Å². The normalized spacial score (nSPS) is 19.2. The average Bonchev–Trinajstić information content (AvgIpc) is 2.63. The van der Waals surface area contributed by atoms with E-state index < -0.39 is 0 Å². The van der Waals surface area contributed by atoms with Gasteiger partial charge < -0.3 is 0 Å². The maximum Gasteiger partial charge on any atom is 0.137 e. The highest BCUT2D eigenvalue weighted by molar-refractivity contribution is 6.00. The zero-order valence-electron chi connectivity index (χ0n) is 6.23. The molecule has 0 aromatic heterocycles. The lowest BCUT2D eigenvalue weighted by atomic mass is 10.2. The van der Waals surface area contributed by atoms with Crippen molar-refractivity contribution in [3.05, 3.63) is 12.4 Å². The summed E-state index contributed by atoms with van der Waals surface area (Å²) < 4.78 is 12.5. The smallest absolute Gasteiger partial charge is 0.137 e. The summed E-state index contributed by atoms with van der Waals surface area (Å²) in [7, 11) is 0. The molecule has 56 valence electrons. The standard InChI is InChI=1S/C8H12FN/c1-3-10-8(6(2)9)7-4-5-7/h7H,2-5H2,1H3/b10-8+. The van der Waals surface area contributed by atoms with Crippen molar-refractivity contribution in [1.82, 2.24) is 0 Å².